The maximum atomic E-state index is 5.70. The Balaban J connectivity index is 0.00000112. The van der Waals surface area contributed by atoms with E-state index in [0.29, 0.717) is 11.9 Å². The molecular formula is C31H40N6OS. The molecule has 4 aromatic rings. The second-order valence-corrected chi connectivity index (χ2v) is 10.7. The summed E-state index contributed by atoms with van der Waals surface area (Å²) in [5.74, 6) is 2.07. The molecule has 5 rings (SSSR count). The van der Waals surface area contributed by atoms with E-state index >= 15 is 0 Å². The van der Waals surface area contributed by atoms with Gasteiger partial charge in [0, 0.05) is 28.1 Å². The third-order valence-electron chi connectivity index (χ3n) is 6.81. The number of methoxy groups -OCH3 is 1. The highest BCUT2D eigenvalue weighted by atomic mass is 32.2. The molecule has 1 saturated carbocycles. The van der Waals surface area contributed by atoms with Gasteiger partial charge in [0.1, 0.15) is 5.82 Å². The van der Waals surface area contributed by atoms with Gasteiger partial charge >= 0.3 is 0 Å². The number of anilines is 2. The smallest absolute Gasteiger partial charge is 0.223 e. The second-order valence-electron chi connectivity index (χ2n) is 9.82. The number of nitrogens with zero attached hydrogens (tertiary/aromatic N) is 3. The van der Waals surface area contributed by atoms with Crippen LogP contribution < -0.4 is 20.1 Å². The summed E-state index contributed by atoms with van der Waals surface area (Å²) < 4.78 is 9.05. The zero-order valence-electron chi connectivity index (χ0n) is 23.7. The lowest BCUT2D eigenvalue weighted by Gasteiger charge is -2.22. The Bertz CT molecular complexity index is 1370. The van der Waals surface area contributed by atoms with Gasteiger partial charge in [0.2, 0.25) is 11.8 Å². The first-order valence-electron chi connectivity index (χ1n) is 13.7. The molecule has 1 aliphatic rings. The second kappa shape index (κ2) is 14.1. The Labute approximate surface area is 236 Å². The first kappa shape index (κ1) is 28.6. The van der Waals surface area contributed by atoms with Crippen molar-refractivity contribution in [1.29, 1.82) is 0 Å². The summed E-state index contributed by atoms with van der Waals surface area (Å²) in [7, 11) is 5.41. The van der Waals surface area contributed by atoms with E-state index in [9.17, 15) is 0 Å². The van der Waals surface area contributed by atoms with Crippen LogP contribution in [-0.2, 0) is 6.42 Å². The molecule has 0 radical (unpaired) electrons. The Morgan fingerprint density at radius 2 is 1.77 bits per heavy atom. The van der Waals surface area contributed by atoms with Gasteiger partial charge in [-0.1, -0.05) is 44.4 Å². The summed E-state index contributed by atoms with van der Waals surface area (Å²) in [6.45, 7) is 4.27. The number of aromatic nitrogens is 3. The molecule has 8 heteroatoms. The average molecular weight is 545 g/mol. The van der Waals surface area contributed by atoms with Crippen LogP contribution in [0.15, 0.2) is 59.6 Å². The van der Waals surface area contributed by atoms with E-state index in [4.69, 9.17) is 14.7 Å². The molecule has 0 atom stereocenters. The molecule has 2 aromatic heterocycles. The van der Waals surface area contributed by atoms with Crippen molar-refractivity contribution in [2.45, 2.75) is 63.3 Å². The summed E-state index contributed by atoms with van der Waals surface area (Å²) in [5.41, 5.74) is 5.43. The van der Waals surface area contributed by atoms with Crippen molar-refractivity contribution >= 4 is 34.6 Å². The number of pyridine rings is 1. The molecule has 1 aliphatic carbocycles. The van der Waals surface area contributed by atoms with Crippen molar-refractivity contribution in [3.63, 3.8) is 0 Å². The molecule has 0 saturated heterocycles. The first-order valence-corrected chi connectivity index (χ1v) is 14.6. The summed E-state index contributed by atoms with van der Waals surface area (Å²) >= 11 is 1.55. The van der Waals surface area contributed by atoms with Crippen LogP contribution in [0.25, 0.3) is 22.0 Å². The molecule has 1 fully saturated rings. The Kier molecular flexibility index (Phi) is 10.4. The van der Waals surface area contributed by atoms with Crippen LogP contribution >= 0.6 is 11.9 Å². The van der Waals surface area contributed by atoms with E-state index in [2.05, 4.69) is 64.5 Å². The number of benzene rings is 2. The van der Waals surface area contributed by atoms with Crippen molar-refractivity contribution in [2.24, 2.45) is 0 Å². The van der Waals surface area contributed by atoms with Crippen molar-refractivity contribution in [3.8, 4) is 17.0 Å². The lowest BCUT2D eigenvalue weighted by atomic mass is 9.96. The maximum Gasteiger partial charge on any atom is 0.223 e. The normalized spacial score (nSPS) is 13.5. The standard InChI is InChI=1S/C29H33N5OS.C2H7N/c1-4-20-16-21(17-22-18-30-29(33-27(20)22)31-23-11-6-5-7-12-23)24-14-15-26(32-28(24)35-3)34-36-25-13-9-8-10-19(25)2;1-3-2/h8-10,13-18,23H,4-7,11-12H2,1-3H3,(H,32,34)(H,30,31,33);3H,1-2H3. The fraction of sp³-hybridized carbons (Fsp3) is 0.387. The third kappa shape index (κ3) is 7.40. The van der Waals surface area contributed by atoms with Crippen LogP contribution in [0.5, 0.6) is 5.88 Å². The highest BCUT2D eigenvalue weighted by Crippen LogP contribution is 2.34. The van der Waals surface area contributed by atoms with Gasteiger partial charge in [-0.2, -0.15) is 4.98 Å². The van der Waals surface area contributed by atoms with Crippen molar-refractivity contribution < 1.29 is 4.74 Å². The number of hydrogen-bond donors (Lipinski definition) is 3. The summed E-state index contributed by atoms with van der Waals surface area (Å²) in [6, 6.07) is 17.2. The van der Waals surface area contributed by atoms with Gasteiger partial charge < -0.3 is 20.1 Å². The number of fused-ring (bicyclic) bond motifs is 1. The summed E-state index contributed by atoms with van der Waals surface area (Å²) in [5, 5.41) is 7.34. The monoisotopic (exact) mass is 544 g/mol. The van der Waals surface area contributed by atoms with Gasteiger partial charge in [0.05, 0.1) is 12.6 Å². The Morgan fingerprint density at radius 1 is 1.00 bits per heavy atom. The predicted octanol–water partition coefficient (Wildman–Crippen LogP) is 7.27. The lowest BCUT2D eigenvalue weighted by molar-refractivity contribution is 0.400. The molecule has 0 bridgehead atoms. The molecule has 0 aliphatic heterocycles. The maximum absolute atomic E-state index is 5.70. The minimum atomic E-state index is 0.479. The Hall–Kier alpha value is -3.36. The number of hydrogen-bond acceptors (Lipinski definition) is 8. The van der Waals surface area contributed by atoms with E-state index in [1.165, 1.54) is 48.1 Å². The fourth-order valence-electron chi connectivity index (χ4n) is 4.79. The topological polar surface area (TPSA) is 84.0 Å². The van der Waals surface area contributed by atoms with Crippen LogP contribution in [-0.4, -0.2) is 42.2 Å². The van der Waals surface area contributed by atoms with E-state index in [1.807, 2.05) is 38.5 Å². The van der Waals surface area contributed by atoms with Crippen molar-refractivity contribution in [3.05, 3.63) is 65.9 Å². The number of rotatable bonds is 8. The minimum Gasteiger partial charge on any atom is -0.480 e. The predicted molar refractivity (Wildman–Crippen MR) is 165 cm³/mol. The molecule has 206 valence electrons. The van der Waals surface area contributed by atoms with Gasteiger partial charge in [-0.25, -0.2) is 9.97 Å². The molecule has 0 unspecified atom stereocenters. The third-order valence-corrected chi connectivity index (χ3v) is 7.79. The molecule has 7 nitrogen and oxygen atoms in total. The van der Waals surface area contributed by atoms with Crippen molar-refractivity contribution in [1.82, 2.24) is 20.3 Å². The van der Waals surface area contributed by atoms with E-state index in [0.717, 1.165) is 40.2 Å². The number of nitrogens with one attached hydrogen (secondary N) is 3. The van der Waals surface area contributed by atoms with E-state index < -0.39 is 0 Å². The first-order chi connectivity index (χ1) is 19.1. The van der Waals surface area contributed by atoms with Gasteiger partial charge in [0.25, 0.3) is 0 Å². The van der Waals surface area contributed by atoms with Gasteiger partial charge in [-0.15, -0.1) is 0 Å². The molecule has 0 spiro atoms. The molecule has 2 aromatic carbocycles. The van der Waals surface area contributed by atoms with E-state index in [-0.39, 0.29) is 0 Å². The largest absolute Gasteiger partial charge is 0.480 e. The van der Waals surface area contributed by atoms with Crippen LogP contribution in [0.1, 0.15) is 50.2 Å². The summed E-state index contributed by atoms with van der Waals surface area (Å²) in [6.07, 6.45) is 9.11. The van der Waals surface area contributed by atoms with Gasteiger partial charge in [-0.3, -0.25) is 0 Å². The van der Waals surface area contributed by atoms with Crippen LogP contribution in [0.2, 0.25) is 0 Å². The molecule has 39 heavy (non-hydrogen) atoms. The van der Waals surface area contributed by atoms with Crippen LogP contribution in [0, 0.1) is 6.92 Å². The zero-order valence-corrected chi connectivity index (χ0v) is 24.5. The Morgan fingerprint density at radius 3 is 2.49 bits per heavy atom. The molecular weight excluding hydrogens is 504 g/mol. The number of ether oxygens (including phenoxy) is 1. The zero-order chi connectivity index (χ0) is 27.6. The molecule has 0 amide bonds. The minimum absolute atomic E-state index is 0.479. The van der Waals surface area contributed by atoms with Gasteiger partial charge in [0.15, 0.2) is 0 Å². The van der Waals surface area contributed by atoms with E-state index in [1.54, 1.807) is 19.1 Å². The molecule has 3 N–H and O–H groups in total. The number of aryl methyl sites for hydroxylation is 2. The SMILES string of the molecule is CCc1cc(-c2ccc(NSc3ccccc3C)nc2OC)cc2cnc(NC3CCCCC3)nc12.CNC. The fourth-order valence-corrected chi connectivity index (χ4v) is 5.50. The van der Waals surface area contributed by atoms with Crippen molar-refractivity contribution in [2.75, 3.05) is 31.2 Å². The molecule has 2 heterocycles. The average Bonchev–Trinajstić information content (AvgIpc) is 2.97. The van der Waals surface area contributed by atoms with Crippen LogP contribution in [0.3, 0.4) is 0 Å². The lowest BCUT2D eigenvalue weighted by Crippen LogP contribution is -2.23. The highest BCUT2D eigenvalue weighted by Gasteiger charge is 2.16. The van der Waals surface area contributed by atoms with Gasteiger partial charge in [-0.05, 0) is 99.3 Å². The highest BCUT2D eigenvalue weighted by molar-refractivity contribution is 8.00. The summed E-state index contributed by atoms with van der Waals surface area (Å²) in [4.78, 5) is 15.5. The van der Waals surface area contributed by atoms with Crippen LogP contribution in [0.4, 0.5) is 11.8 Å². The quantitative estimate of drug-likeness (QED) is 0.200.